The molecule has 1 unspecified atom stereocenters. The number of likely N-dealkylation sites (tertiary alicyclic amines) is 1. The Morgan fingerprint density at radius 3 is 2.43 bits per heavy atom. The van der Waals surface area contributed by atoms with E-state index in [2.05, 4.69) is 37.9 Å². The summed E-state index contributed by atoms with van der Waals surface area (Å²) >= 11 is 0. The highest BCUT2D eigenvalue weighted by atomic mass is 15.1. The Hall–Kier alpha value is -0.0800. The molecule has 1 rings (SSSR count). The van der Waals surface area contributed by atoms with Crippen LogP contribution in [0.15, 0.2) is 0 Å². The average molecular weight is 297 g/mol. The van der Waals surface area contributed by atoms with Crippen LogP contribution in [0.4, 0.5) is 0 Å². The quantitative estimate of drug-likeness (QED) is 0.595. The normalized spacial score (nSPS) is 21.1. The lowest BCUT2D eigenvalue weighted by Gasteiger charge is -2.21. The van der Waals surface area contributed by atoms with Gasteiger partial charge in [0.25, 0.3) is 0 Å². The summed E-state index contributed by atoms with van der Waals surface area (Å²) in [6, 6.07) is 0. The van der Waals surface area contributed by atoms with Crippen molar-refractivity contribution in [2.45, 2.75) is 72.6 Å². The van der Waals surface area contributed by atoms with Crippen molar-refractivity contribution in [2.24, 2.45) is 17.8 Å². The van der Waals surface area contributed by atoms with Crippen molar-refractivity contribution in [3.63, 3.8) is 0 Å². The van der Waals surface area contributed by atoms with Crippen LogP contribution in [-0.4, -0.2) is 37.6 Å². The fourth-order valence-corrected chi connectivity index (χ4v) is 3.40. The minimum absolute atomic E-state index is 0.780. The van der Waals surface area contributed by atoms with Crippen LogP contribution in [0.1, 0.15) is 72.6 Å². The molecule has 0 bridgehead atoms. The van der Waals surface area contributed by atoms with Gasteiger partial charge in [-0.05, 0) is 82.6 Å². The Morgan fingerprint density at radius 2 is 1.71 bits per heavy atom. The van der Waals surface area contributed by atoms with Crippen molar-refractivity contribution in [1.29, 1.82) is 0 Å². The molecular weight excluding hydrogens is 256 g/mol. The molecule has 21 heavy (non-hydrogen) atoms. The van der Waals surface area contributed by atoms with Gasteiger partial charge in [0.2, 0.25) is 0 Å². The zero-order valence-electron chi connectivity index (χ0n) is 15.2. The van der Waals surface area contributed by atoms with Gasteiger partial charge in [0, 0.05) is 0 Å². The Morgan fingerprint density at radius 1 is 0.952 bits per heavy atom. The average Bonchev–Trinajstić information content (AvgIpc) is 2.67. The molecule has 1 fully saturated rings. The van der Waals surface area contributed by atoms with Gasteiger partial charge in [-0.25, -0.2) is 0 Å². The summed E-state index contributed by atoms with van der Waals surface area (Å²) in [6.45, 7) is 15.8. The highest BCUT2D eigenvalue weighted by Gasteiger charge is 2.18. The van der Waals surface area contributed by atoms with Gasteiger partial charge < -0.3 is 10.2 Å². The van der Waals surface area contributed by atoms with Crippen molar-refractivity contribution in [3.8, 4) is 0 Å². The second-order valence-electron chi connectivity index (χ2n) is 7.79. The van der Waals surface area contributed by atoms with Crippen molar-refractivity contribution in [2.75, 3.05) is 32.7 Å². The highest BCUT2D eigenvalue weighted by molar-refractivity contribution is 4.72. The summed E-state index contributed by atoms with van der Waals surface area (Å²) in [4.78, 5) is 2.72. The molecule has 0 radical (unpaired) electrons. The minimum atomic E-state index is 0.780. The molecular formula is C19H40N2. The standard InChI is InChI=1S/C19H40N2/c1-17(2)16-20-12-7-5-6-8-13-21-14-9-10-19(11-15-21)18(3)4/h17-20H,5-16H2,1-4H3. The third-order valence-corrected chi connectivity index (χ3v) is 4.94. The number of nitrogens with zero attached hydrogens (tertiary/aromatic N) is 1. The van der Waals surface area contributed by atoms with Crippen LogP contribution < -0.4 is 5.32 Å². The van der Waals surface area contributed by atoms with E-state index < -0.39 is 0 Å². The van der Waals surface area contributed by atoms with E-state index in [1.807, 2.05) is 0 Å². The second-order valence-corrected chi connectivity index (χ2v) is 7.79. The van der Waals surface area contributed by atoms with Gasteiger partial charge in [0.05, 0.1) is 0 Å². The zero-order valence-corrected chi connectivity index (χ0v) is 15.2. The summed E-state index contributed by atoms with van der Waals surface area (Å²) in [5.74, 6) is 2.63. The molecule has 1 atom stereocenters. The molecule has 0 aromatic rings. The molecule has 126 valence electrons. The molecule has 1 heterocycles. The van der Waals surface area contributed by atoms with Crippen molar-refractivity contribution < 1.29 is 0 Å². The van der Waals surface area contributed by atoms with Gasteiger partial charge in [0.15, 0.2) is 0 Å². The summed E-state index contributed by atoms with van der Waals surface area (Å²) in [7, 11) is 0. The van der Waals surface area contributed by atoms with Gasteiger partial charge in [-0.3, -0.25) is 0 Å². The van der Waals surface area contributed by atoms with Crippen LogP contribution in [0.2, 0.25) is 0 Å². The number of rotatable bonds is 10. The monoisotopic (exact) mass is 296 g/mol. The topological polar surface area (TPSA) is 15.3 Å². The van der Waals surface area contributed by atoms with Crippen molar-refractivity contribution in [3.05, 3.63) is 0 Å². The first-order chi connectivity index (χ1) is 10.1. The maximum absolute atomic E-state index is 3.54. The molecule has 0 aromatic heterocycles. The zero-order chi connectivity index (χ0) is 15.5. The fourth-order valence-electron chi connectivity index (χ4n) is 3.40. The molecule has 1 saturated heterocycles. The number of unbranched alkanes of at least 4 members (excludes halogenated alkanes) is 3. The van der Waals surface area contributed by atoms with E-state index in [0.717, 1.165) is 17.8 Å². The maximum atomic E-state index is 3.54. The van der Waals surface area contributed by atoms with Crippen LogP contribution in [0.3, 0.4) is 0 Å². The summed E-state index contributed by atoms with van der Waals surface area (Å²) in [5, 5.41) is 3.54. The lowest BCUT2D eigenvalue weighted by Crippen LogP contribution is -2.26. The Bertz CT molecular complexity index is 238. The first-order valence-corrected chi connectivity index (χ1v) is 9.52. The van der Waals surface area contributed by atoms with E-state index >= 15 is 0 Å². The molecule has 1 N–H and O–H groups in total. The molecule has 2 nitrogen and oxygen atoms in total. The largest absolute Gasteiger partial charge is 0.316 e. The molecule has 0 saturated carbocycles. The first kappa shape index (κ1) is 19.0. The van der Waals surface area contributed by atoms with Crippen molar-refractivity contribution >= 4 is 0 Å². The van der Waals surface area contributed by atoms with E-state index in [4.69, 9.17) is 0 Å². The van der Waals surface area contributed by atoms with Gasteiger partial charge in [-0.15, -0.1) is 0 Å². The molecule has 0 aliphatic carbocycles. The van der Waals surface area contributed by atoms with E-state index in [0.29, 0.717) is 0 Å². The summed E-state index contributed by atoms with van der Waals surface area (Å²) in [5.41, 5.74) is 0. The van der Waals surface area contributed by atoms with Gasteiger partial charge >= 0.3 is 0 Å². The Labute approximate surface area is 134 Å². The smallest absolute Gasteiger partial charge is 0.00160 e. The van der Waals surface area contributed by atoms with Crippen LogP contribution in [0.25, 0.3) is 0 Å². The Kier molecular flexibility index (Phi) is 10.4. The van der Waals surface area contributed by atoms with Gasteiger partial charge in [0.1, 0.15) is 0 Å². The molecule has 1 aliphatic rings. The van der Waals surface area contributed by atoms with Gasteiger partial charge in [-0.1, -0.05) is 40.5 Å². The maximum Gasteiger partial charge on any atom is -0.00160 e. The van der Waals surface area contributed by atoms with E-state index in [1.54, 1.807) is 0 Å². The minimum Gasteiger partial charge on any atom is -0.316 e. The molecule has 2 heteroatoms. The van der Waals surface area contributed by atoms with Gasteiger partial charge in [-0.2, -0.15) is 0 Å². The first-order valence-electron chi connectivity index (χ1n) is 9.52. The van der Waals surface area contributed by atoms with Crippen LogP contribution in [-0.2, 0) is 0 Å². The number of nitrogens with one attached hydrogen (secondary N) is 1. The number of hydrogen-bond acceptors (Lipinski definition) is 2. The summed E-state index contributed by atoms with van der Waals surface area (Å²) < 4.78 is 0. The second kappa shape index (κ2) is 11.5. The lowest BCUT2D eigenvalue weighted by atomic mass is 9.89. The number of hydrogen-bond donors (Lipinski definition) is 1. The van der Waals surface area contributed by atoms with Crippen molar-refractivity contribution in [1.82, 2.24) is 10.2 Å². The molecule has 0 spiro atoms. The molecule has 1 aliphatic heterocycles. The third kappa shape index (κ3) is 9.52. The van der Waals surface area contributed by atoms with Crippen LogP contribution in [0.5, 0.6) is 0 Å². The molecule has 0 amide bonds. The van der Waals surface area contributed by atoms with E-state index in [9.17, 15) is 0 Å². The van der Waals surface area contributed by atoms with E-state index in [-0.39, 0.29) is 0 Å². The fraction of sp³-hybridized carbons (Fsp3) is 1.00. The van der Waals surface area contributed by atoms with E-state index in [1.165, 1.54) is 77.7 Å². The third-order valence-electron chi connectivity index (χ3n) is 4.94. The molecule has 0 aromatic carbocycles. The summed E-state index contributed by atoms with van der Waals surface area (Å²) in [6.07, 6.45) is 9.86. The predicted molar refractivity (Wildman–Crippen MR) is 94.8 cm³/mol. The van der Waals surface area contributed by atoms with Crippen LogP contribution in [0, 0.1) is 17.8 Å². The highest BCUT2D eigenvalue weighted by Crippen LogP contribution is 2.24. The SMILES string of the molecule is CC(C)CNCCCCCCN1CCCC(C(C)C)CC1. The van der Waals surface area contributed by atoms with Crippen LogP contribution >= 0.6 is 0 Å². The predicted octanol–water partition coefficient (Wildman–Crippen LogP) is 4.55. The lowest BCUT2D eigenvalue weighted by molar-refractivity contribution is 0.266. The Balaban J connectivity index is 1.95.